The molecule has 0 aromatic carbocycles. The molecule has 1 unspecified atom stereocenters. The van der Waals surface area contributed by atoms with Crippen LogP contribution in [0, 0.1) is 0 Å². The Morgan fingerprint density at radius 2 is 2.22 bits per heavy atom. The van der Waals surface area contributed by atoms with E-state index in [4.69, 9.17) is 5.11 Å². The molecule has 0 amide bonds. The van der Waals surface area contributed by atoms with Crippen LogP contribution in [0.4, 0.5) is 0 Å². The standard InChI is InChI=1S/C12H21N3O2S/c1-3-5-7-10(6-4-2)15-9-13-14-12(15)18-8-11(16)17/h9-10H,3-8H2,1-2H3,(H,16,17). The van der Waals surface area contributed by atoms with Crippen molar-refractivity contribution in [2.24, 2.45) is 0 Å². The quantitative estimate of drug-likeness (QED) is 0.699. The van der Waals surface area contributed by atoms with Gasteiger partial charge in [-0.25, -0.2) is 0 Å². The van der Waals surface area contributed by atoms with Gasteiger partial charge in [-0.2, -0.15) is 0 Å². The molecule has 1 rings (SSSR count). The lowest BCUT2D eigenvalue weighted by molar-refractivity contribution is -0.133. The normalized spacial score (nSPS) is 12.6. The van der Waals surface area contributed by atoms with E-state index in [1.165, 1.54) is 24.6 Å². The summed E-state index contributed by atoms with van der Waals surface area (Å²) in [6.07, 6.45) is 7.35. The minimum absolute atomic E-state index is 0.0331. The Labute approximate surface area is 112 Å². The average Bonchev–Trinajstić information content (AvgIpc) is 2.80. The highest BCUT2D eigenvalue weighted by atomic mass is 32.2. The molecule has 6 heteroatoms. The molecule has 0 fully saturated rings. The van der Waals surface area contributed by atoms with Gasteiger partial charge in [0.1, 0.15) is 6.33 Å². The molecule has 0 aliphatic heterocycles. The summed E-state index contributed by atoms with van der Waals surface area (Å²) in [6.45, 7) is 4.34. The smallest absolute Gasteiger partial charge is 0.313 e. The van der Waals surface area contributed by atoms with Crippen molar-refractivity contribution in [3.8, 4) is 0 Å². The molecular weight excluding hydrogens is 250 g/mol. The summed E-state index contributed by atoms with van der Waals surface area (Å²) in [7, 11) is 0. The van der Waals surface area contributed by atoms with Gasteiger partial charge in [0.15, 0.2) is 5.16 Å². The maximum atomic E-state index is 10.6. The van der Waals surface area contributed by atoms with Crippen molar-refractivity contribution in [1.82, 2.24) is 14.8 Å². The molecule has 5 nitrogen and oxygen atoms in total. The van der Waals surface area contributed by atoms with Crippen LogP contribution >= 0.6 is 11.8 Å². The fourth-order valence-electron chi connectivity index (χ4n) is 1.91. The first kappa shape index (κ1) is 15.0. The lowest BCUT2D eigenvalue weighted by Gasteiger charge is -2.18. The summed E-state index contributed by atoms with van der Waals surface area (Å²) in [6, 6.07) is 0.390. The van der Waals surface area contributed by atoms with Gasteiger partial charge in [0.25, 0.3) is 0 Å². The second kappa shape index (κ2) is 8.13. The Morgan fingerprint density at radius 1 is 1.44 bits per heavy atom. The van der Waals surface area contributed by atoms with Gasteiger partial charge in [0, 0.05) is 6.04 Å². The van der Waals surface area contributed by atoms with Crippen molar-refractivity contribution in [2.75, 3.05) is 5.75 Å². The van der Waals surface area contributed by atoms with Crippen LogP contribution in [0.2, 0.25) is 0 Å². The predicted octanol–water partition coefficient (Wildman–Crippen LogP) is 2.99. The summed E-state index contributed by atoms with van der Waals surface area (Å²) in [5.41, 5.74) is 0. The zero-order valence-corrected chi connectivity index (χ0v) is 11.8. The molecule has 102 valence electrons. The molecule has 1 heterocycles. The van der Waals surface area contributed by atoms with Gasteiger partial charge in [0.05, 0.1) is 5.75 Å². The van der Waals surface area contributed by atoms with Crippen molar-refractivity contribution in [1.29, 1.82) is 0 Å². The SMILES string of the molecule is CCCCC(CCC)n1cnnc1SCC(=O)O. The zero-order valence-electron chi connectivity index (χ0n) is 11.0. The van der Waals surface area contributed by atoms with E-state index in [9.17, 15) is 4.79 Å². The minimum Gasteiger partial charge on any atom is -0.481 e. The molecule has 0 saturated carbocycles. The number of hydrogen-bond donors (Lipinski definition) is 1. The lowest BCUT2D eigenvalue weighted by atomic mass is 10.1. The number of nitrogens with zero attached hydrogens (tertiary/aromatic N) is 3. The topological polar surface area (TPSA) is 68.0 Å². The maximum absolute atomic E-state index is 10.6. The molecule has 1 N–H and O–H groups in total. The highest BCUT2D eigenvalue weighted by Crippen LogP contribution is 2.26. The summed E-state index contributed by atoms with van der Waals surface area (Å²) < 4.78 is 2.03. The van der Waals surface area contributed by atoms with Crippen molar-refractivity contribution in [3.05, 3.63) is 6.33 Å². The molecule has 0 aliphatic rings. The Hall–Kier alpha value is -1.04. The van der Waals surface area contributed by atoms with Crippen LogP contribution < -0.4 is 0 Å². The van der Waals surface area contributed by atoms with E-state index in [-0.39, 0.29) is 5.75 Å². The predicted molar refractivity (Wildman–Crippen MR) is 71.9 cm³/mol. The van der Waals surface area contributed by atoms with Gasteiger partial charge >= 0.3 is 5.97 Å². The Kier molecular flexibility index (Phi) is 6.78. The Balaban J connectivity index is 2.70. The van der Waals surface area contributed by atoms with Crippen LogP contribution in [0.5, 0.6) is 0 Å². The maximum Gasteiger partial charge on any atom is 0.313 e. The van der Waals surface area contributed by atoms with Crippen molar-refractivity contribution in [2.45, 2.75) is 57.1 Å². The van der Waals surface area contributed by atoms with Gasteiger partial charge in [-0.15, -0.1) is 10.2 Å². The fourth-order valence-corrected chi connectivity index (χ4v) is 2.61. The molecule has 1 aromatic rings. The third-order valence-corrected chi connectivity index (χ3v) is 3.71. The number of thioether (sulfide) groups is 1. The molecule has 1 atom stereocenters. The third kappa shape index (κ3) is 4.68. The molecule has 0 saturated heterocycles. The van der Waals surface area contributed by atoms with Crippen LogP contribution in [0.1, 0.15) is 52.0 Å². The first-order valence-corrected chi connectivity index (χ1v) is 7.41. The fraction of sp³-hybridized carbons (Fsp3) is 0.750. The number of rotatable bonds is 9. The largest absolute Gasteiger partial charge is 0.481 e. The van der Waals surface area contributed by atoms with Crippen molar-refractivity contribution >= 4 is 17.7 Å². The van der Waals surface area contributed by atoms with Gasteiger partial charge in [-0.1, -0.05) is 44.9 Å². The van der Waals surface area contributed by atoms with E-state index >= 15 is 0 Å². The molecule has 0 radical (unpaired) electrons. The van der Waals surface area contributed by atoms with Crippen LogP contribution in [0.3, 0.4) is 0 Å². The van der Waals surface area contributed by atoms with Crippen molar-refractivity contribution < 1.29 is 9.90 Å². The van der Waals surface area contributed by atoms with Crippen LogP contribution in [-0.4, -0.2) is 31.6 Å². The molecule has 0 bridgehead atoms. The number of carboxylic acids is 1. The van der Waals surface area contributed by atoms with E-state index in [1.807, 2.05) is 4.57 Å². The van der Waals surface area contributed by atoms with E-state index in [0.29, 0.717) is 11.2 Å². The summed E-state index contributed by atoms with van der Waals surface area (Å²) in [5.74, 6) is -0.791. The minimum atomic E-state index is -0.824. The highest BCUT2D eigenvalue weighted by molar-refractivity contribution is 7.99. The van der Waals surface area contributed by atoms with Crippen LogP contribution in [0.25, 0.3) is 0 Å². The molecule has 0 spiro atoms. The number of aromatic nitrogens is 3. The summed E-state index contributed by atoms with van der Waals surface area (Å²) >= 11 is 1.24. The van der Waals surface area contributed by atoms with Gasteiger partial charge in [-0.3, -0.25) is 4.79 Å². The molecule has 18 heavy (non-hydrogen) atoms. The third-order valence-electron chi connectivity index (χ3n) is 2.77. The number of aliphatic carboxylic acids is 1. The van der Waals surface area contributed by atoms with Crippen LogP contribution in [-0.2, 0) is 4.79 Å². The first-order chi connectivity index (χ1) is 8.69. The highest BCUT2D eigenvalue weighted by Gasteiger charge is 2.15. The summed E-state index contributed by atoms with van der Waals surface area (Å²) in [5, 5.41) is 17.3. The van der Waals surface area contributed by atoms with E-state index in [0.717, 1.165) is 19.3 Å². The van der Waals surface area contributed by atoms with Gasteiger partial charge in [0.2, 0.25) is 0 Å². The molecule has 1 aromatic heterocycles. The Morgan fingerprint density at radius 3 is 2.83 bits per heavy atom. The van der Waals surface area contributed by atoms with Crippen molar-refractivity contribution in [3.63, 3.8) is 0 Å². The Bertz CT molecular complexity index is 368. The van der Waals surface area contributed by atoms with Gasteiger partial charge in [-0.05, 0) is 12.8 Å². The average molecular weight is 271 g/mol. The molecular formula is C12H21N3O2S. The van der Waals surface area contributed by atoms with E-state index in [2.05, 4.69) is 24.0 Å². The van der Waals surface area contributed by atoms with E-state index < -0.39 is 5.97 Å². The lowest BCUT2D eigenvalue weighted by Crippen LogP contribution is -2.10. The van der Waals surface area contributed by atoms with Gasteiger partial charge < -0.3 is 9.67 Å². The first-order valence-electron chi connectivity index (χ1n) is 6.43. The number of unbranched alkanes of at least 4 members (excludes halogenated alkanes) is 1. The second-order valence-corrected chi connectivity index (χ2v) is 5.23. The molecule has 0 aliphatic carbocycles. The number of hydrogen-bond acceptors (Lipinski definition) is 4. The zero-order chi connectivity index (χ0) is 13.4. The van der Waals surface area contributed by atoms with Crippen LogP contribution in [0.15, 0.2) is 11.5 Å². The second-order valence-electron chi connectivity index (χ2n) is 4.29. The number of carbonyl (C=O) groups is 1. The number of carboxylic acid groups (broad SMARTS) is 1. The monoisotopic (exact) mass is 271 g/mol. The summed E-state index contributed by atoms with van der Waals surface area (Å²) in [4.78, 5) is 10.6. The van der Waals surface area contributed by atoms with E-state index in [1.54, 1.807) is 6.33 Å².